The Balaban J connectivity index is 2.18. The molecule has 1 rings (SSSR count). The van der Waals surface area contributed by atoms with E-state index in [0.29, 0.717) is 13.0 Å². The van der Waals surface area contributed by atoms with Crippen molar-refractivity contribution in [2.24, 2.45) is 5.41 Å². The summed E-state index contributed by atoms with van der Waals surface area (Å²) in [5.74, 6) is -0.442. The smallest absolute Gasteiger partial charge is 0.163 e. The van der Waals surface area contributed by atoms with Crippen molar-refractivity contribution in [1.82, 2.24) is 5.32 Å². The first kappa shape index (κ1) is 14.4. The van der Waals surface area contributed by atoms with E-state index in [2.05, 4.69) is 25.2 Å². The Kier molecular flexibility index (Phi) is 4.93. The van der Waals surface area contributed by atoms with Gasteiger partial charge in [0.1, 0.15) is 0 Å². The summed E-state index contributed by atoms with van der Waals surface area (Å²) in [5.41, 5.74) is 0.157. The zero-order valence-corrected chi connectivity index (χ0v) is 11.4. The third-order valence-corrected chi connectivity index (χ3v) is 2.96. The van der Waals surface area contributed by atoms with E-state index in [0.717, 1.165) is 19.5 Å². The number of ether oxygens (including phenoxy) is 2. The second-order valence-electron chi connectivity index (χ2n) is 5.90. The summed E-state index contributed by atoms with van der Waals surface area (Å²) in [7, 11) is 0. The van der Waals surface area contributed by atoms with E-state index in [1.807, 2.05) is 13.8 Å². The Bertz CT molecular complexity index is 282. The predicted molar refractivity (Wildman–Crippen MR) is 66.4 cm³/mol. The highest BCUT2D eigenvalue weighted by molar-refractivity contribution is 4.80. The summed E-state index contributed by atoms with van der Waals surface area (Å²) in [6.07, 6.45) is 1.67. The molecule has 0 aromatic heterocycles. The summed E-state index contributed by atoms with van der Waals surface area (Å²) in [6.45, 7) is 10.6. The number of hydrogen-bond acceptors (Lipinski definition) is 4. The van der Waals surface area contributed by atoms with E-state index < -0.39 is 5.79 Å². The molecule has 0 radical (unpaired) electrons. The number of nitrogens with one attached hydrogen (secondary N) is 1. The molecule has 1 N–H and O–H groups in total. The van der Waals surface area contributed by atoms with Crippen LogP contribution in [0.4, 0.5) is 0 Å². The van der Waals surface area contributed by atoms with Crippen molar-refractivity contribution in [3.05, 3.63) is 0 Å². The molecule has 0 spiro atoms. The van der Waals surface area contributed by atoms with Gasteiger partial charge in [0.05, 0.1) is 18.8 Å². The molecule has 4 heteroatoms. The Morgan fingerprint density at radius 2 is 2.18 bits per heavy atom. The second-order valence-corrected chi connectivity index (χ2v) is 5.90. The maximum atomic E-state index is 8.58. The molecule has 1 atom stereocenters. The van der Waals surface area contributed by atoms with Crippen LogP contribution in [-0.2, 0) is 9.47 Å². The fourth-order valence-electron chi connectivity index (χ4n) is 1.92. The molecule has 0 amide bonds. The third-order valence-electron chi connectivity index (χ3n) is 2.96. The van der Waals surface area contributed by atoms with Gasteiger partial charge in [0.25, 0.3) is 0 Å². The van der Waals surface area contributed by atoms with Gasteiger partial charge >= 0.3 is 0 Å². The van der Waals surface area contributed by atoms with Crippen LogP contribution in [0.15, 0.2) is 0 Å². The van der Waals surface area contributed by atoms with Gasteiger partial charge < -0.3 is 14.8 Å². The summed E-state index contributed by atoms with van der Waals surface area (Å²) >= 11 is 0. The van der Waals surface area contributed by atoms with E-state index >= 15 is 0 Å². The molecule has 1 heterocycles. The fourth-order valence-corrected chi connectivity index (χ4v) is 1.92. The second kappa shape index (κ2) is 5.81. The molecular weight excluding hydrogens is 216 g/mol. The minimum absolute atomic E-state index is 0.136. The summed E-state index contributed by atoms with van der Waals surface area (Å²) in [6, 6.07) is 2.19. The van der Waals surface area contributed by atoms with Crippen molar-refractivity contribution >= 4 is 0 Å². The molecule has 0 saturated carbocycles. The van der Waals surface area contributed by atoms with Crippen LogP contribution in [0.3, 0.4) is 0 Å². The van der Waals surface area contributed by atoms with Crippen LogP contribution in [0.25, 0.3) is 0 Å². The van der Waals surface area contributed by atoms with E-state index in [4.69, 9.17) is 14.7 Å². The Morgan fingerprint density at radius 1 is 1.47 bits per heavy atom. The molecular formula is C13H24N2O2. The van der Waals surface area contributed by atoms with Crippen molar-refractivity contribution in [3.63, 3.8) is 0 Å². The molecule has 1 aliphatic rings. The lowest BCUT2D eigenvalue weighted by Gasteiger charge is -2.25. The van der Waals surface area contributed by atoms with Gasteiger partial charge in [0.15, 0.2) is 5.79 Å². The lowest BCUT2D eigenvalue weighted by atomic mass is 9.88. The zero-order valence-electron chi connectivity index (χ0n) is 11.4. The summed E-state index contributed by atoms with van der Waals surface area (Å²) in [5, 5.41) is 12.0. The van der Waals surface area contributed by atoms with E-state index in [1.165, 1.54) is 0 Å². The maximum absolute atomic E-state index is 8.58. The molecule has 0 bridgehead atoms. The fraction of sp³-hybridized carbons (Fsp3) is 0.923. The first-order chi connectivity index (χ1) is 7.85. The average molecular weight is 240 g/mol. The first-order valence-corrected chi connectivity index (χ1v) is 6.24. The standard InChI is InChI=1S/C13H24N2O2/c1-12(2,6-5-7-14)10-15-8-11-9-16-13(3,4)17-11/h11,15H,5-6,8-10H2,1-4H3. The van der Waals surface area contributed by atoms with Crippen LogP contribution < -0.4 is 5.32 Å². The largest absolute Gasteiger partial charge is 0.348 e. The minimum Gasteiger partial charge on any atom is -0.348 e. The predicted octanol–water partition coefficient (Wildman–Crippen LogP) is 2.06. The first-order valence-electron chi connectivity index (χ1n) is 6.24. The average Bonchev–Trinajstić information content (AvgIpc) is 2.55. The van der Waals surface area contributed by atoms with Crippen LogP contribution in [0, 0.1) is 16.7 Å². The molecule has 1 saturated heterocycles. The minimum atomic E-state index is -0.442. The number of nitriles is 1. The van der Waals surface area contributed by atoms with Gasteiger partial charge in [-0.2, -0.15) is 5.26 Å². The molecule has 4 nitrogen and oxygen atoms in total. The van der Waals surface area contributed by atoms with E-state index in [-0.39, 0.29) is 11.5 Å². The van der Waals surface area contributed by atoms with Gasteiger partial charge in [-0.05, 0) is 25.7 Å². The van der Waals surface area contributed by atoms with E-state index in [1.54, 1.807) is 0 Å². The maximum Gasteiger partial charge on any atom is 0.163 e. The highest BCUT2D eigenvalue weighted by atomic mass is 16.7. The number of rotatable bonds is 6. The Hall–Kier alpha value is -0.630. The Labute approximate surface area is 104 Å². The quantitative estimate of drug-likeness (QED) is 0.772. The van der Waals surface area contributed by atoms with E-state index in [9.17, 15) is 0 Å². The molecule has 0 aromatic carbocycles. The van der Waals surface area contributed by atoms with Crippen LogP contribution in [-0.4, -0.2) is 31.6 Å². The van der Waals surface area contributed by atoms with Crippen molar-refractivity contribution in [2.75, 3.05) is 19.7 Å². The van der Waals surface area contributed by atoms with Crippen LogP contribution in [0.5, 0.6) is 0 Å². The highest BCUT2D eigenvalue weighted by Gasteiger charge is 2.32. The molecule has 98 valence electrons. The lowest BCUT2D eigenvalue weighted by molar-refractivity contribution is -0.137. The molecule has 1 fully saturated rings. The molecule has 1 unspecified atom stereocenters. The number of nitrogens with zero attached hydrogens (tertiary/aromatic N) is 1. The SMILES string of the molecule is CC(C)(CCC#N)CNCC1COC(C)(C)O1. The Morgan fingerprint density at radius 3 is 2.71 bits per heavy atom. The number of hydrogen-bond donors (Lipinski definition) is 1. The monoisotopic (exact) mass is 240 g/mol. The lowest BCUT2D eigenvalue weighted by Crippen LogP contribution is -2.36. The van der Waals surface area contributed by atoms with Gasteiger partial charge in [-0.1, -0.05) is 13.8 Å². The summed E-state index contributed by atoms with van der Waals surface area (Å²) < 4.78 is 11.2. The van der Waals surface area contributed by atoms with Crippen molar-refractivity contribution < 1.29 is 9.47 Å². The van der Waals surface area contributed by atoms with Gasteiger partial charge in [-0.25, -0.2) is 0 Å². The molecule has 17 heavy (non-hydrogen) atoms. The highest BCUT2D eigenvalue weighted by Crippen LogP contribution is 2.23. The van der Waals surface area contributed by atoms with Crippen molar-refractivity contribution in [2.45, 2.75) is 52.4 Å². The topological polar surface area (TPSA) is 54.3 Å². The molecule has 1 aliphatic heterocycles. The zero-order chi connectivity index (χ0) is 12.9. The molecule has 0 aliphatic carbocycles. The molecule has 0 aromatic rings. The third kappa shape index (κ3) is 5.49. The summed E-state index contributed by atoms with van der Waals surface area (Å²) in [4.78, 5) is 0. The van der Waals surface area contributed by atoms with Gasteiger partial charge in [-0.15, -0.1) is 0 Å². The van der Waals surface area contributed by atoms with Gasteiger partial charge in [0.2, 0.25) is 0 Å². The van der Waals surface area contributed by atoms with Crippen LogP contribution in [0.2, 0.25) is 0 Å². The normalized spacial score (nSPS) is 23.6. The van der Waals surface area contributed by atoms with Crippen LogP contribution >= 0.6 is 0 Å². The van der Waals surface area contributed by atoms with Crippen molar-refractivity contribution in [3.8, 4) is 6.07 Å². The van der Waals surface area contributed by atoms with Gasteiger partial charge in [-0.3, -0.25) is 0 Å². The van der Waals surface area contributed by atoms with Gasteiger partial charge in [0, 0.05) is 19.5 Å². The van der Waals surface area contributed by atoms with Crippen molar-refractivity contribution in [1.29, 1.82) is 5.26 Å². The van der Waals surface area contributed by atoms with Crippen LogP contribution in [0.1, 0.15) is 40.5 Å².